The molecule has 32 heavy (non-hydrogen) atoms. The predicted molar refractivity (Wildman–Crippen MR) is 128 cm³/mol. The van der Waals surface area contributed by atoms with E-state index < -0.39 is 11.0 Å². The van der Waals surface area contributed by atoms with Crippen LogP contribution in [0.2, 0.25) is 0 Å². The van der Waals surface area contributed by atoms with Crippen LogP contribution in [0.25, 0.3) is 38.7 Å². The van der Waals surface area contributed by atoms with E-state index in [0.717, 1.165) is 44.2 Å². The summed E-state index contributed by atoms with van der Waals surface area (Å²) in [5.74, 6) is 0. The Morgan fingerprint density at radius 3 is 2.31 bits per heavy atom. The second kappa shape index (κ2) is 8.60. The van der Waals surface area contributed by atoms with Gasteiger partial charge in [0.1, 0.15) is 0 Å². The van der Waals surface area contributed by atoms with Crippen LogP contribution in [-0.4, -0.2) is 20.1 Å². The van der Waals surface area contributed by atoms with Crippen LogP contribution >= 0.6 is 0 Å². The fraction of sp³-hybridized carbons (Fsp3) is 0.0833. The fourth-order valence-corrected chi connectivity index (χ4v) is 4.56. The minimum Gasteiger partial charge on any atom is -0.870 e. The van der Waals surface area contributed by atoms with E-state index in [1.54, 1.807) is 4.52 Å². The van der Waals surface area contributed by atoms with Gasteiger partial charge in [0.05, 0.1) is 6.20 Å². The summed E-state index contributed by atoms with van der Waals surface area (Å²) < 4.78 is 13.8. The molecule has 0 aliphatic rings. The summed E-state index contributed by atoms with van der Waals surface area (Å²) >= 11 is 0. The number of hydrogen-bond acceptors (Lipinski definition) is 5. The third-order valence-corrected chi connectivity index (χ3v) is 6.42. The molecule has 2 heterocycles. The molecule has 5 rings (SSSR count). The van der Waals surface area contributed by atoms with E-state index in [1.165, 1.54) is 0 Å². The van der Waals surface area contributed by atoms with Crippen molar-refractivity contribution in [3.63, 3.8) is 0 Å². The van der Waals surface area contributed by atoms with Crippen molar-refractivity contribution in [3.05, 3.63) is 84.8 Å². The van der Waals surface area contributed by atoms with Crippen LogP contribution in [0.5, 0.6) is 0 Å². The molecule has 2 aromatic heterocycles. The number of nitrogens with zero attached hydrogens (tertiary/aromatic N) is 3. The lowest BCUT2D eigenvalue weighted by Crippen LogP contribution is -2.04. The van der Waals surface area contributed by atoms with Gasteiger partial charge in [0.15, 0.2) is 21.5 Å². The van der Waals surface area contributed by atoms with Crippen molar-refractivity contribution >= 4 is 27.4 Å². The van der Waals surface area contributed by atoms with Gasteiger partial charge in [0.2, 0.25) is 0 Å². The Hall–Kier alpha value is -3.43. The average Bonchev–Trinajstić information content (AvgIpc) is 3.21. The maximum absolute atomic E-state index is 12.0. The molecular formula is C24H23N5O2S. The summed E-state index contributed by atoms with van der Waals surface area (Å²) in [5, 5.41) is 12.1. The molecule has 3 aromatic carbocycles. The van der Waals surface area contributed by atoms with Crippen molar-refractivity contribution < 1.29 is 9.69 Å². The zero-order valence-corrected chi connectivity index (χ0v) is 18.3. The molecule has 7 nitrogen and oxygen atoms in total. The van der Waals surface area contributed by atoms with Crippen molar-refractivity contribution in [2.75, 3.05) is 0 Å². The molecule has 2 unspecified atom stereocenters. The van der Waals surface area contributed by atoms with Crippen LogP contribution in [0.15, 0.2) is 84.1 Å². The highest BCUT2D eigenvalue weighted by Gasteiger charge is 2.17. The molecule has 5 aromatic rings. The number of aromatic nitrogens is 3. The summed E-state index contributed by atoms with van der Waals surface area (Å²) in [6.07, 6.45) is 5.64. The largest absolute Gasteiger partial charge is 0.870 e. The number of hydrogen-bond donors (Lipinski definition) is 2. The molecular weight excluding hydrogens is 422 g/mol. The van der Waals surface area contributed by atoms with E-state index in [4.69, 9.17) is 15.9 Å². The Balaban J connectivity index is 0.00000245. The summed E-state index contributed by atoms with van der Waals surface area (Å²) in [5.41, 5.74) is 11.7. The smallest absolute Gasteiger partial charge is 0.182 e. The minimum atomic E-state index is -1.93. The molecule has 0 spiro atoms. The first-order valence-electron chi connectivity index (χ1n) is 9.96. The normalized spacial score (nSPS) is 13.1. The molecule has 0 amide bonds. The van der Waals surface area contributed by atoms with E-state index in [0.29, 0.717) is 4.90 Å². The molecule has 5 N–H and O–H groups in total. The second-order valence-electron chi connectivity index (χ2n) is 7.58. The molecule has 2 atom stereocenters. The Morgan fingerprint density at radius 1 is 0.906 bits per heavy atom. The van der Waals surface area contributed by atoms with Gasteiger partial charge in [0, 0.05) is 34.9 Å². The highest BCUT2D eigenvalue weighted by molar-refractivity contribution is 7.82. The second-order valence-corrected chi connectivity index (χ2v) is 8.72. The third-order valence-electron chi connectivity index (χ3n) is 5.55. The maximum Gasteiger partial charge on any atom is 0.182 e. The van der Waals surface area contributed by atoms with E-state index >= 15 is 0 Å². The number of thiol groups is 1. The summed E-state index contributed by atoms with van der Waals surface area (Å²) in [6, 6.07) is 19.8. The SMILES string of the molecule is CC(N)c1ccc(-c2cnc3c(-c4ccc([SH+](N)=O)c5ccccc45)cnn3c2)cc1.[OH-]. The maximum atomic E-state index is 12.0. The molecule has 0 radical (unpaired) electrons. The van der Waals surface area contributed by atoms with Crippen LogP contribution in [0.1, 0.15) is 18.5 Å². The molecule has 162 valence electrons. The monoisotopic (exact) mass is 445 g/mol. The first kappa shape index (κ1) is 21.8. The lowest BCUT2D eigenvalue weighted by molar-refractivity contribution is 0.597. The molecule has 0 aliphatic carbocycles. The Kier molecular flexibility index (Phi) is 5.86. The molecule has 0 saturated carbocycles. The standard InChI is InChI=1S/C24H21N5OS.H2O/c1-15(25)16-6-8-17(9-7-16)18-12-27-24-22(13-28-29(24)14-18)20-10-11-23(31(26)30)21-5-3-2-4-19(20)21;/h2-15H,25H2,1H3,(H2,26,30);1H2. The van der Waals surface area contributed by atoms with E-state index in [9.17, 15) is 4.21 Å². The van der Waals surface area contributed by atoms with Crippen molar-refractivity contribution in [2.45, 2.75) is 17.9 Å². The van der Waals surface area contributed by atoms with Gasteiger partial charge in [-0.15, -0.1) is 5.14 Å². The van der Waals surface area contributed by atoms with E-state index in [1.807, 2.05) is 86.2 Å². The number of benzene rings is 3. The topological polar surface area (TPSA) is 129 Å². The van der Waals surface area contributed by atoms with Crippen molar-refractivity contribution in [1.29, 1.82) is 0 Å². The molecule has 0 aliphatic heterocycles. The van der Waals surface area contributed by atoms with Crippen molar-refractivity contribution in [3.8, 4) is 22.3 Å². The molecule has 0 fully saturated rings. The van der Waals surface area contributed by atoms with Crippen LogP contribution in [0.3, 0.4) is 0 Å². The third kappa shape index (κ3) is 3.69. The highest BCUT2D eigenvalue weighted by Crippen LogP contribution is 2.34. The van der Waals surface area contributed by atoms with Gasteiger partial charge < -0.3 is 11.2 Å². The fourth-order valence-electron chi connectivity index (χ4n) is 3.90. The minimum absolute atomic E-state index is 0. The Morgan fingerprint density at radius 2 is 1.62 bits per heavy atom. The summed E-state index contributed by atoms with van der Waals surface area (Å²) in [6.45, 7) is 1.97. The number of rotatable bonds is 4. The Bertz CT molecular complexity index is 1440. The summed E-state index contributed by atoms with van der Waals surface area (Å²) in [7, 11) is -1.93. The van der Waals surface area contributed by atoms with Gasteiger partial charge in [-0.2, -0.15) is 5.10 Å². The van der Waals surface area contributed by atoms with Gasteiger partial charge in [0.25, 0.3) is 0 Å². The quantitative estimate of drug-likeness (QED) is 0.319. The van der Waals surface area contributed by atoms with Crippen molar-refractivity contribution in [1.82, 2.24) is 14.6 Å². The Labute approximate surface area is 187 Å². The van der Waals surface area contributed by atoms with Crippen LogP contribution < -0.4 is 10.9 Å². The van der Waals surface area contributed by atoms with Crippen LogP contribution in [0.4, 0.5) is 0 Å². The lowest BCUT2D eigenvalue weighted by Gasteiger charge is -2.08. The lowest BCUT2D eigenvalue weighted by atomic mass is 10.00. The molecule has 0 bridgehead atoms. The van der Waals surface area contributed by atoms with Crippen LogP contribution in [0, 0.1) is 0 Å². The van der Waals surface area contributed by atoms with Gasteiger partial charge in [-0.3, -0.25) is 0 Å². The number of nitrogens with two attached hydrogens (primary N) is 2. The van der Waals surface area contributed by atoms with Crippen molar-refractivity contribution in [2.24, 2.45) is 10.9 Å². The van der Waals surface area contributed by atoms with Gasteiger partial charge in [-0.05, 0) is 47.2 Å². The van der Waals surface area contributed by atoms with Gasteiger partial charge in [-0.1, -0.05) is 46.7 Å². The molecule has 8 heteroatoms. The molecule has 0 saturated heterocycles. The van der Waals surface area contributed by atoms with E-state index in [2.05, 4.69) is 5.10 Å². The predicted octanol–water partition coefficient (Wildman–Crippen LogP) is 3.99. The average molecular weight is 446 g/mol. The van der Waals surface area contributed by atoms with Gasteiger partial charge >= 0.3 is 0 Å². The zero-order chi connectivity index (χ0) is 21.5. The highest BCUT2D eigenvalue weighted by atomic mass is 32.2. The first-order valence-corrected chi connectivity index (χ1v) is 11.3. The van der Waals surface area contributed by atoms with E-state index in [-0.39, 0.29) is 11.5 Å². The summed E-state index contributed by atoms with van der Waals surface area (Å²) in [4.78, 5) is 5.36. The van der Waals surface area contributed by atoms with Gasteiger partial charge in [-0.25, -0.2) is 9.50 Å². The van der Waals surface area contributed by atoms with Crippen LogP contribution in [-0.2, 0) is 15.2 Å². The zero-order valence-electron chi connectivity index (χ0n) is 17.4. The number of fused-ring (bicyclic) bond motifs is 2. The first-order chi connectivity index (χ1) is 15.0.